The zero-order valence-corrected chi connectivity index (χ0v) is 12.9. The van der Waals surface area contributed by atoms with Gasteiger partial charge in [-0.15, -0.1) is 11.6 Å². The second kappa shape index (κ2) is 5.24. The van der Waals surface area contributed by atoms with E-state index in [-0.39, 0.29) is 5.38 Å². The van der Waals surface area contributed by atoms with E-state index in [1.807, 2.05) is 19.1 Å². The van der Waals surface area contributed by atoms with Crippen molar-refractivity contribution in [1.29, 1.82) is 0 Å². The Morgan fingerprint density at radius 3 is 2.75 bits per heavy atom. The van der Waals surface area contributed by atoms with E-state index in [9.17, 15) is 0 Å². The van der Waals surface area contributed by atoms with Gasteiger partial charge in [-0.2, -0.15) is 4.98 Å². The van der Waals surface area contributed by atoms with Crippen molar-refractivity contribution in [3.8, 4) is 5.88 Å². The van der Waals surface area contributed by atoms with Crippen molar-refractivity contribution in [2.75, 3.05) is 7.11 Å². The van der Waals surface area contributed by atoms with Crippen molar-refractivity contribution in [2.45, 2.75) is 44.5 Å². The molecule has 2 heterocycles. The molecule has 3 unspecified atom stereocenters. The van der Waals surface area contributed by atoms with Gasteiger partial charge in [0, 0.05) is 12.1 Å². The van der Waals surface area contributed by atoms with Gasteiger partial charge in [-0.3, -0.25) is 0 Å². The Bertz CT molecular complexity index is 623. The largest absolute Gasteiger partial charge is 0.481 e. The molecule has 3 rings (SSSR count). The Kier molecular flexibility index (Phi) is 3.59. The van der Waals surface area contributed by atoms with Gasteiger partial charge >= 0.3 is 0 Å². The summed E-state index contributed by atoms with van der Waals surface area (Å²) in [6, 6.07) is 4.25. The molecular weight excluding hydrogens is 274 g/mol. The van der Waals surface area contributed by atoms with Gasteiger partial charge in [-0.05, 0) is 31.7 Å². The predicted molar refractivity (Wildman–Crippen MR) is 80.4 cm³/mol. The topological polar surface area (TPSA) is 39.9 Å². The van der Waals surface area contributed by atoms with Crippen LogP contribution in [0.3, 0.4) is 0 Å². The Hall–Kier alpha value is -1.29. The molecule has 3 atom stereocenters. The molecule has 5 heteroatoms. The highest BCUT2D eigenvalue weighted by atomic mass is 35.5. The molecule has 2 aromatic heterocycles. The third kappa shape index (κ3) is 2.16. The summed E-state index contributed by atoms with van der Waals surface area (Å²) in [6.07, 6.45) is 3.68. The fourth-order valence-corrected chi connectivity index (χ4v) is 3.36. The maximum atomic E-state index is 6.34. The van der Waals surface area contributed by atoms with E-state index < -0.39 is 0 Å². The molecule has 0 N–H and O–H groups in total. The molecule has 1 saturated carbocycles. The van der Waals surface area contributed by atoms with E-state index in [2.05, 4.69) is 21.5 Å². The molecule has 0 radical (unpaired) electrons. The quantitative estimate of drug-likeness (QED) is 0.800. The SMILES string of the molecule is COc1ccc2nc(C(C)Cl)n(C3CCCC3C)c2n1. The van der Waals surface area contributed by atoms with Gasteiger partial charge in [0.2, 0.25) is 5.88 Å². The summed E-state index contributed by atoms with van der Waals surface area (Å²) in [5, 5.41) is -0.122. The van der Waals surface area contributed by atoms with Gasteiger partial charge in [0.25, 0.3) is 0 Å². The number of imidazole rings is 1. The molecular formula is C15H20ClN3O. The van der Waals surface area contributed by atoms with Gasteiger partial charge in [-0.1, -0.05) is 13.3 Å². The van der Waals surface area contributed by atoms with E-state index in [1.54, 1.807) is 7.11 Å². The van der Waals surface area contributed by atoms with Crippen molar-refractivity contribution in [2.24, 2.45) is 5.92 Å². The van der Waals surface area contributed by atoms with E-state index in [4.69, 9.17) is 16.3 Å². The van der Waals surface area contributed by atoms with Crippen LogP contribution in [-0.4, -0.2) is 21.6 Å². The minimum Gasteiger partial charge on any atom is -0.481 e. The first-order chi connectivity index (χ1) is 9.61. The van der Waals surface area contributed by atoms with E-state index >= 15 is 0 Å². The Morgan fingerprint density at radius 2 is 2.15 bits per heavy atom. The number of fused-ring (bicyclic) bond motifs is 1. The lowest BCUT2D eigenvalue weighted by atomic mass is 10.1. The van der Waals surface area contributed by atoms with Crippen LogP contribution in [0.1, 0.15) is 50.4 Å². The van der Waals surface area contributed by atoms with Gasteiger partial charge in [0.1, 0.15) is 11.3 Å². The number of methoxy groups -OCH3 is 1. The zero-order valence-electron chi connectivity index (χ0n) is 12.1. The number of aromatic nitrogens is 3. The Balaban J connectivity index is 2.21. The van der Waals surface area contributed by atoms with E-state index in [0.29, 0.717) is 17.8 Å². The van der Waals surface area contributed by atoms with Crippen molar-refractivity contribution in [3.05, 3.63) is 18.0 Å². The van der Waals surface area contributed by atoms with Crippen LogP contribution < -0.4 is 4.74 Å². The van der Waals surface area contributed by atoms with E-state index in [0.717, 1.165) is 17.0 Å². The lowest BCUT2D eigenvalue weighted by molar-refractivity contribution is 0.390. The number of hydrogen-bond acceptors (Lipinski definition) is 3. The smallest absolute Gasteiger partial charge is 0.215 e. The molecule has 0 aromatic carbocycles. The average molecular weight is 294 g/mol. The number of alkyl halides is 1. The van der Waals surface area contributed by atoms with Crippen molar-refractivity contribution >= 4 is 22.8 Å². The molecule has 0 bridgehead atoms. The fraction of sp³-hybridized carbons (Fsp3) is 0.600. The standard InChI is InChI=1S/C15H20ClN3O/c1-9-5-4-6-12(9)19-14(10(2)16)17-11-7-8-13(20-3)18-15(11)19/h7-10,12H,4-6H2,1-3H3. The molecule has 0 amide bonds. The lowest BCUT2D eigenvalue weighted by Gasteiger charge is -2.21. The molecule has 0 spiro atoms. The van der Waals surface area contributed by atoms with Crippen LogP contribution in [0, 0.1) is 5.92 Å². The zero-order chi connectivity index (χ0) is 14.3. The first-order valence-corrected chi connectivity index (χ1v) is 7.62. The monoisotopic (exact) mass is 293 g/mol. The minimum absolute atomic E-state index is 0.122. The summed E-state index contributed by atoms with van der Waals surface area (Å²) >= 11 is 6.34. The predicted octanol–water partition coefficient (Wildman–Crippen LogP) is 4.10. The lowest BCUT2D eigenvalue weighted by Crippen LogP contribution is -2.15. The van der Waals surface area contributed by atoms with Crippen molar-refractivity contribution < 1.29 is 4.74 Å². The van der Waals surface area contributed by atoms with Crippen LogP contribution in [0.2, 0.25) is 0 Å². The first-order valence-electron chi connectivity index (χ1n) is 7.18. The minimum atomic E-state index is -0.122. The molecule has 20 heavy (non-hydrogen) atoms. The highest BCUT2D eigenvalue weighted by Crippen LogP contribution is 2.39. The van der Waals surface area contributed by atoms with Crippen LogP contribution in [0.25, 0.3) is 11.2 Å². The fourth-order valence-electron chi connectivity index (χ4n) is 3.20. The molecule has 0 saturated heterocycles. The van der Waals surface area contributed by atoms with Crippen molar-refractivity contribution in [3.63, 3.8) is 0 Å². The third-order valence-corrected chi connectivity index (χ3v) is 4.45. The third-order valence-electron chi connectivity index (χ3n) is 4.25. The normalized spacial score (nSPS) is 24.2. The maximum absolute atomic E-state index is 6.34. The van der Waals surface area contributed by atoms with Gasteiger partial charge in [-0.25, -0.2) is 4.98 Å². The summed E-state index contributed by atoms with van der Waals surface area (Å²) in [4.78, 5) is 9.27. The Labute approximate surface area is 124 Å². The highest BCUT2D eigenvalue weighted by molar-refractivity contribution is 6.20. The number of nitrogens with zero attached hydrogens (tertiary/aromatic N) is 3. The summed E-state index contributed by atoms with van der Waals surface area (Å²) < 4.78 is 7.49. The number of halogens is 1. The van der Waals surface area contributed by atoms with Crippen LogP contribution in [0.5, 0.6) is 5.88 Å². The molecule has 1 aliphatic carbocycles. The maximum Gasteiger partial charge on any atom is 0.215 e. The number of hydrogen-bond donors (Lipinski definition) is 0. The van der Waals surface area contributed by atoms with Gasteiger partial charge < -0.3 is 9.30 Å². The Morgan fingerprint density at radius 1 is 1.35 bits per heavy atom. The summed E-state index contributed by atoms with van der Waals surface area (Å²) in [7, 11) is 1.64. The highest BCUT2D eigenvalue weighted by Gasteiger charge is 2.30. The molecule has 2 aromatic rings. The van der Waals surface area contributed by atoms with Crippen LogP contribution >= 0.6 is 11.6 Å². The summed E-state index contributed by atoms with van der Waals surface area (Å²) in [5.41, 5.74) is 1.79. The molecule has 108 valence electrons. The average Bonchev–Trinajstić information content (AvgIpc) is 3.00. The summed E-state index contributed by atoms with van der Waals surface area (Å²) in [5.74, 6) is 2.17. The van der Waals surface area contributed by atoms with Crippen LogP contribution in [0.15, 0.2) is 12.1 Å². The van der Waals surface area contributed by atoms with Gasteiger partial charge in [0.15, 0.2) is 5.65 Å². The van der Waals surface area contributed by atoms with Gasteiger partial charge in [0.05, 0.1) is 12.5 Å². The van der Waals surface area contributed by atoms with Crippen molar-refractivity contribution in [1.82, 2.24) is 14.5 Å². The first kappa shape index (κ1) is 13.7. The number of ether oxygens (including phenoxy) is 1. The van der Waals surface area contributed by atoms with E-state index in [1.165, 1.54) is 19.3 Å². The van der Waals surface area contributed by atoms with Crippen LogP contribution in [0.4, 0.5) is 0 Å². The second-order valence-electron chi connectivity index (χ2n) is 5.63. The van der Waals surface area contributed by atoms with Crippen LogP contribution in [-0.2, 0) is 0 Å². The number of pyridine rings is 1. The molecule has 1 fully saturated rings. The summed E-state index contributed by atoms with van der Waals surface area (Å²) in [6.45, 7) is 4.27. The number of rotatable bonds is 3. The molecule has 4 nitrogen and oxygen atoms in total. The molecule has 1 aliphatic rings. The molecule has 0 aliphatic heterocycles. The second-order valence-corrected chi connectivity index (χ2v) is 6.28.